The van der Waals surface area contributed by atoms with Gasteiger partial charge in [0.05, 0.1) is 17.6 Å². The van der Waals surface area contributed by atoms with E-state index in [0.29, 0.717) is 24.4 Å². The zero-order valence-corrected chi connectivity index (χ0v) is 19.4. The van der Waals surface area contributed by atoms with Gasteiger partial charge in [-0.2, -0.15) is 5.10 Å². The third-order valence-corrected chi connectivity index (χ3v) is 6.57. The van der Waals surface area contributed by atoms with Crippen molar-refractivity contribution in [2.45, 2.75) is 65.5 Å². The van der Waals surface area contributed by atoms with Gasteiger partial charge in [0.15, 0.2) is 0 Å². The van der Waals surface area contributed by atoms with E-state index in [1.54, 1.807) is 23.7 Å². The minimum absolute atomic E-state index is 0.0221. The van der Waals surface area contributed by atoms with Crippen molar-refractivity contribution in [1.29, 1.82) is 0 Å². The lowest BCUT2D eigenvalue weighted by molar-refractivity contribution is 0.0963. The van der Waals surface area contributed by atoms with Crippen molar-refractivity contribution in [2.75, 3.05) is 7.05 Å². The van der Waals surface area contributed by atoms with Crippen LogP contribution in [0.5, 0.6) is 0 Å². The van der Waals surface area contributed by atoms with Crippen LogP contribution in [0.4, 0.5) is 0 Å². The highest BCUT2D eigenvalue weighted by Crippen LogP contribution is 2.31. The Morgan fingerprint density at radius 2 is 1.94 bits per heavy atom. The second kappa shape index (κ2) is 9.28. The molecule has 2 aromatic heterocycles. The molecule has 7 nitrogen and oxygen atoms in total. The van der Waals surface area contributed by atoms with E-state index in [-0.39, 0.29) is 17.5 Å². The second-order valence-electron chi connectivity index (χ2n) is 8.58. The number of rotatable bonds is 4. The van der Waals surface area contributed by atoms with E-state index in [1.807, 2.05) is 36.7 Å². The Morgan fingerprint density at radius 1 is 1.22 bits per heavy atom. The molecule has 32 heavy (non-hydrogen) atoms. The summed E-state index contributed by atoms with van der Waals surface area (Å²) in [6.07, 6.45) is 7.33. The lowest BCUT2D eigenvalue weighted by Gasteiger charge is -2.26. The average Bonchev–Trinajstić information content (AvgIpc) is 3.21. The molecule has 0 radical (unpaired) electrons. The molecule has 170 valence electrons. The van der Waals surface area contributed by atoms with Gasteiger partial charge in [-0.05, 0) is 49.9 Å². The summed E-state index contributed by atoms with van der Waals surface area (Å²) in [7, 11) is 1.61. The van der Waals surface area contributed by atoms with Crippen LogP contribution >= 0.6 is 0 Å². The topological polar surface area (TPSA) is 80.4 Å². The molecule has 1 aliphatic carbocycles. The van der Waals surface area contributed by atoms with E-state index in [2.05, 4.69) is 17.6 Å². The monoisotopic (exact) mass is 435 g/mol. The number of fused-ring (bicyclic) bond motifs is 3. The standard InChI is InChI=1S/C23H27N5O2.C2H6/c1-14-10-19-20(13-25-14)28-22(17(12-26-28)11-15-4-3-5-15)27(23(19)30)18-8-6-16(7-9-18)21(29)24-2;1-2/h6-9,12,14-15,25H,3-5,10-11,13H2,1-2H3,(H,24,29);1-2H3. The summed E-state index contributed by atoms with van der Waals surface area (Å²) in [5.74, 6) is 0.533. The van der Waals surface area contributed by atoms with Gasteiger partial charge in [0.1, 0.15) is 5.65 Å². The Balaban J connectivity index is 0.00000119. The quantitative estimate of drug-likeness (QED) is 0.659. The Bertz CT molecular complexity index is 1170. The fourth-order valence-corrected chi connectivity index (χ4v) is 4.63. The predicted octanol–water partition coefficient (Wildman–Crippen LogP) is 3.25. The fourth-order valence-electron chi connectivity index (χ4n) is 4.63. The van der Waals surface area contributed by atoms with Crippen molar-refractivity contribution in [1.82, 2.24) is 24.8 Å². The SMILES string of the molecule is CC.CNC(=O)c1ccc(-n2c(=O)c3c(n4ncc(CC5CCC5)c24)CNC(C)C3)cc1. The first kappa shape index (κ1) is 22.3. The van der Waals surface area contributed by atoms with Crippen LogP contribution in [-0.2, 0) is 19.4 Å². The number of benzene rings is 1. The normalized spacial score (nSPS) is 17.8. The molecule has 2 N–H and O–H groups in total. The summed E-state index contributed by atoms with van der Waals surface area (Å²) < 4.78 is 3.75. The summed E-state index contributed by atoms with van der Waals surface area (Å²) in [6.45, 7) is 6.74. The van der Waals surface area contributed by atoms with Gasteiger partial charge in [-0.3, -0.25) is 14.2 Å². The molecule has 0 bridgehead atoms. The van der Waals surface area contributed by atoms with Crippen LogP contribution in [0.2, 0.25) is 0 Å². The van der Waals surface area contributed by atoms with Gasteiger partial charge in [-0.25, -0.2) is 4.52 Å². The van der Waals surface area contributed by atoms with Crippen molar-refractivity contribution in [2.24, 2.45) is 5.92 Å². The summed E-state index contributed by atoms with van der Waals surface area (Å²) in [5.41, 5.74) is 5.12. The number of hydrogen-bond acceptors (Lipinski definition) is 4. The number of amides is 1. The van der Waals surface area contributed by atoms with Gasteiger partial charge in [0.2, 0.25) is 0 Å². The average molecular weight is 436 g/mol. The molecule has 1 aliphatic heterocycles. The Labute approximate surface area is 188 Å². The first-order valence-corrected chi connectivity index (χ1v) is 11.8. The van der Waals surface area contributed by atoms with Crippen LogP contribution < -0.4 is 16.2 Å². The van der Waals surface area contributed by atoms with Crippen molar-refractivity contribution in [3.8, 4) is 5.69 Å². The molecule has 1 atom stereocenters. The smallest absolute Gasteiger partial charge is 0.261 e. The summed E-state index contributed by atoms with van der Waals surface area (Å²) in [4.78, 5) is 25.6. The Kier molecular flexibility index (Phi) is 6.46. The third-order valence-electron chi connectivity index (χ3n) is 6.57. The lowest BCUT2D eigenvalue weighted by Crippen LogP contribution is -2.40. The number of hydrogen-bond donors (Lipinski definition) is 2. The maximum atomic E-state index is 13.7. The molecule has 1 unspecified atom stereocenters. The molecule has 2 aliphatic rings. The van der Waals surface area contributed by atoms with E-state index in [1.165, 1.54) is 19.3 Å². The molecule has 1 saturated carbocycles. The van der Waals surface area contributed by atoms with Crippen LogP contribution in [0.25, 0.3) is 11.3 Å². The summed E-state index contributed by atoms with van der Waals surface area (Å²) >= 11 is 0. The van der Waals surface area contributed by atoms with E-state index in [9.17, 15) is 9.59 Å². The predicted molar refractivity (Wildman–Crippen MR) is 127 cm³/mol. The van der Waals surface area contributed by atoms with Crippen LogP contribution in [0.15, 0.2) is 35.3 Å². The van der Waals surface area contributed by atoms with Gasteiger partial charge >= 0.3 is 0 Å². The largest absolute Gasteiger partial charge is 0.355 e. The van der Waals surface area contributed by atoms with Crippen molar-refractivity contribution in [3.63, 3.8) is 0 Å². The van der Waals surface area contributed by atoms with Crippen LogP contribution in [0, 0.1) is 5.92 Å². The number of carbonyl (C=O) groups excluding carboxylic acids is 1. The van der Waals surface area contributed by atoms with Crippen LogP contribution in [0.3, 0.4) is 0 Å². The van der Waals surface area contributed by atoms with Gasteiger partial charge in [0, 0.05) is 36.3 Å². The highest BCUT2D eigenvalue weighted by molar-refractivity contribution is 5.94. The van der Waals surface area contributed by atoms with E-state index < -0.39 is 0 Å². The Hall–Kier alpha value is -2.93. The number of aromatic nitrogens is 3. The molecule has 1 fully saturated rings. The zero-order chi connectivity index (χ0) is 22.8. The Morgan fingerprint density at radius 3 is 2.56 bits per heavy atom. The zero-order valence-electron chi connectivity index (χ0n) is 19.4. The van der Waals surface area contributed by atoms with Crippen molar-refractivity contribution in [3.05, 3.63) is 63.2 Å². The summed E-state index contributed by atoms with van der Waals surface area (Å²) in [5, 5.41) is 10.8. The van der Waals surface area contributed by atoms with E-state index >= 15 is 0 Å². The van der Waals surface area contributed by atoms with Gasteiger partial charge in [-0.1, -0.05) is 33.1 Å². The van der Waals surface area contributed by atoms with E-state index in [4.69, 9.17) is 5.10 Å². The minimum Gasteiger partial charge on any atom is -0.355 e. The van der Waals surface area contributed by atoms with Gasteiger partial charge in [0.25, 0.3) is 11.5 Å². The molecule has 7 heteroatoms. The molecule has 1 amide bonds. The fraction of sp³-hybridized carbons (Fsp3) is 0.480. The van der Waals surface area contributed by atoms with Crippen LogP contribution in [0.1, 0.15) is 67.2 Å². The first-order chi connectivity index (χ1) is 15.6. The lowest BCUT2D eigenvalue weighted by atomic mass is 9.81. The molecule has 3 aromatic rings. The molecular weight excluding hydrogens is 402 g/mol. The van der Waals surface area contributed by atoms with Crippen molar-refractivity contribution >= 4 is 11.6 Å². The van der Waals surface area contributed by atoms with Gasteiger partial charge < -0.3 is 10.6 Å². The first-order valence-electron chi connectivity index (χ1n) is 11.8. The number of nitrogens with zero attached hydrogens (tertiary/aromatic N) is 3. The molecule has 0 saturated heterocycles. The molecular formula is C25H33N5O2. The molecule has 5 rings (SSSR count). The summed E-state index contributed by atoms with van der Waals surface area (Å²) in [6, 6.07) is 7.48. The third kappa shape index (κ3) is 3.86. The highest BCUT2D eigenvalue weighted by Gasteiger charge is 2.27. The second-order valence-corrected chi connectivity index (χ2v) is 8.58. The molecule has 1 aromatic carbocycles. The van der Waals surface area contributed by atoms with Gasteiger partial charge in [-0.15, -0.1) is 0 Å². The van der Waals surface area contributed by atoms with Crippen molar-refractivity contribution < 1.29 is 4.79 Å². The minimum atomic E-state index is -0.139. The molecule has 0 spiro atoms. The molecule has 3 heterocycles. The van der Waals surface area contributed by atoms with E-state index in [0.717, 1.165) is 34.6 Å². The maximum Gasteiger partial charge on any atom is 0.261 e. The maximum absolute atomic E-state index is 13.7. The number of carbonyl (C=O) groups is 1. The number of nitrogens with one attached hydrogen (secondary N) is 2. The van der Waals surface area contributed by atoms with Crippen LogP contribution in [-0.4, -0.2) is 33.2 Å². The highest BCUT2D eigenvalue weighted by atomic mass is 16.1.